The molecule has 0 radical (unpaired) electrons. The van der Waals surface area contributed by atoms with Gasteiger partial charge in [-0.1, -0.05) is 193 Å². The first-order chi connectivity index (χ1) is 63.8. The fraction of sp³-hybridized carbons (Fsp3) is 0.549. The number of furan rings is 1. The van der Waals surface area contributed by atoms with E-state index in [2.05, 4.69) is 420 Å². The fourth-order valence-corrected chi connectivity index (χ4v) is 11.1. The summed E-state index contributed by atoms with van der Waals surface area (Å²) in [6.07, 6.45) is 54.3. The molecular weight excluding hydrogens is 1760 g/mol. The monoisotopic (exact) mass is 1960 g/mol. The molecule has 26 heteroatoms. The summed E-state index contributed by atoms with van der Waals surface area (Å²) in [7, 11) is 11.9. The number of pyridine rings is 1. The van der Waals surface area contributed by atoms with Gasteiger partial charge >= 0.3 is 6.39 Å². The molecule has 14 aromatic rings. The van der Waals surface area contributed by atoms with Gasteiger partial charge in [-0.3, -0.25) is 4.98 Å². The summed E-state index contributed by atoms with van der Waals surface area (Å²) >= 11 is 3.56. The molecule has 24 nitrogen and oxygen atoms in total. The van der Waals surface area contributed by atoms with E-state index < -0.39 is 0 Å². The van der Waals surface area contributed by atoms with Gasteiger partial charge in [0.05, 0.1) is 62.3 Å². The van der Waals surface area contributed by atoms with Gasteiger partial charge in [-0.05, 0) is 170 Å². The molecule has 0 fully saturated rings. The first-order valence-electron chi connectivity index (χ1n) is 48.4. The number of rotatable bonds is 1. The predicted molar refractivity (Wildman–Crippen MR) is 574 cm³/mol. The number of thiophene rings is 1. The van der Waals surface area contributed by atoms with Gasteiger partial charge in [-0.2, -0.15) is 9.13 Å². The van der Waals surface area contributed by atoms with Crippen LogP contribution in [0.15, 0.2) is 291 Å². The molecule has 0 atom stereocenters. The maximum Gasteiger partial charge on any atom is 0.334 e. The molecule has 770 valence electrons. The van der Waals surface area contributed by atoms with Crippen LogP contribution in [0.2, 0.25) is 0 Å². The van der Waals surface area contributed by atoms with Crippen LogP contribution in [0.3, 0.4) is 0 Å². The Morgan fingerprint density at radius 2 is 0.892 bits per heavy atom. The van der Waals surface area contributed by atoms with Crippen molar-refractivity contribution in [2.75, 3.05) is 0 Å². The Morgan fingerprint density at radius 1 is 0.381 bits per heavy atom. The number of aryl methyl sites for hydroxylation is 7. The third-order valence-electron chi connectivity index (χ3n) is 17.3. The van der Waals surface area contributed by atoms with Crippen molar-refractivity contribution < 1.29 is 54.7 Å². The molecule has 0 saturated carbocycles. The number of imidazole rings is 1. The third-order valence-corrected chi connectivity index (χ3v) is 19.2. The summed E-state index contributed by atoms with van der Waals surface area (Å²) in [4.78, 5) is 25.6. The van der Waals surface area contributed by atoms with E-state index in [0.717, 1.165) is 34.9 Å². The van der Waals surface area contributed by atoms with E-state index in [0.29, 0.717) is 11.5 Å². The van der Waals surface area contributed by atoms with Crippen LogP contribution in [0, 0.1) is 24.7 Å². The molecule has 0 bridgehead atoms. The summed E-state index contributed by atoms with van der Waals surface area (Å²) in [6.45, 7) is 90.5. The number of hydrogen-bond donors (Lipinski definition) is 0. The molecule has 0 unspecified atom stereocenters. The lowest BCUT2D eigenvalue weighted by molar-refractivity contribution is -0.806. The van der Waals surface area contributed by atoms with E-state index in [1.165, 1.54) is 16.9 Å². The van der Waals surface area contributed by atoms with Gasteiger partial charge in [-0.15, -0.1) is 16.0 Å². The largest absolute Gasteiger partial charge is 0.469 e. The van der Waals surface area contributed by atoms with Crippen LogP contribution in [-0.4, -0.2) is 59.0 Å². The summed E-state index contributed by atoms with van der Waals surface area (Å²) in [6, 6.07) is 28.6. The molecule has 0 aliphatic heterocycles. The normalized spacial score (nSPS) is 11.0. The number of aromatic nitrogens is 22. The molecule has 14 heterocycles. The van der Waals surface area contributed by atoms with Gasteiger partial charge in [0.2, 0.25) is 37.0 Å². The SMILES string of the molecule is CC(C)(C)[n+]1ccccn1.CC(C)(C)[n+]1cccnc1.CC(C)(C)[n+]1ccoc1.CC(C)(C)[n+]1ccsc1.CC(C)(C)[n+]1cncnc1.CC(C)(C)c1ccco1.CC(C)(C)c1cccs1.CC(C)C.CC(C)C.CC(C)C.CC(C)n1c[n+](C)cn1.C[n+]1ccccc1.C[n+]1ccccn1.C[n+]1ccn(C(C)(C)C)c1.C[n+]1ccncc1.Cc1cnc(C(C)(C)C)nc1.Cn1cccc1C(C)(C)C. The van der Waals surface area contributed by atoms with E-state index in [1.807, 2.05) is 232 Å². The van der Waals surface area contributed by atoms with Crippen molar-refractivity contribution in [1.29, 1.82) is 0 Å². The predicted octanol–water partition coefficient (Wildman–Crippen LogP) is 22.6. The zero-order valence-electron chi connectivity index (χ0n) is 95.8. The lowest BCUT2D eigenvalue weighted by atomic mass is 9.92. The Kier molecular flexibility index (Phi) is 63.3. The first-order valence-corrected chi connectivity index (χ1v) is 50.2. The molecule has 0 spiro atoms. The highest BCUT2D eigenvalue weighted by molar-refractivity contribution is 7.10. The van der Waals surface area contributed by atoms with Crippen molar-refractivity contribution in [3.63, 3.8) is 0 Å². The lowest BCUT2D eigenvalue weighted by Gasteiger charge is -2.19. The molecule has 0 aliphatic rings. The minimum atomic E-state index is 0.0632. The topological polar surface area (TPSA) is 196 Å². The zero-order chi connectivity index (χ0) is 107. The standard InChI is InChI=1S/C9H14N2.C9H15N.C8H15N2.2C8H13N2.C8H12O.C8H12S.C7H12N3.C7H12NO.C7H12NS.C6H12N3.C6H8N.2C5H7N2.3C4H10/c1-7-5-10-8(11-6-7)9(2,3)4;1-9(2,3)8-6-5-7-10(8)4;1-8(2,3)10-6-5-9(4)7-10;1-8(2,3)10-6-4-5-9-7-10;1-8(2,3)10-7-5-4-6-9-10;2*1-8(2,3)7-5-4-6-9-7;1-7(2,3)10-5-8-4-9-6-10;2*1-7(2,3)8-4-5-9-6-8;1-6(2)9-5-8(3)4-7-9;1-7-5-3-2-4-6-7;1-7-4-2-6-3-5-7;1-7-5-3-2-4-6-7;3*1-4(2)3/h5-6H,1-4H3;2*5-7H,1-4H3;2*4-7H,1-3H3;2*4-6H,1-3H3;4-6H,1-3H3;3*4-6H,1-3H3;2-6H,1H3;2*2-5H,1H3;3*4H,1-3H3/q;;3*+1;;;7*+1;;;. The number of nitrogens with zero attached hydrogens (tertiary/aromatic N) is 22. The van der Waals surface area contributed by atoms with Crippen molar-refractivity contribution >= 4 is 22.7 Å². The van der Waals surface area contributed by atoms with Crippen LogP contribution in [0.25, 0.3) is 0 Å². The van der Waals surface area contributed by atoms with Crippen LogP contribution >= 0.6 is 22.7 Å². The Balaban J connectivity index is -0.00000142. The number of oxazole rings is 1. The van der Waals surface area contributed by atoms with Gasteiger partial charge < -0.3 is 13.4 Å². The average Bonchev–Trinajstić information content (AvgIpc) is 1.71. The molecule has 0 amide bonds. The van der Waals surface area contributed by atoms with Crippen molar-refractivity contribution in [1.82, 2.24) is 59.0 Å². The highest BCUT2D eigenvalue weighted by Crippen LogP contribution is 2.27. The van der Waals surface area contributed by atoms with Gasteiger partial charge in [0, 0.05) is 150 Å². The molecule has 0 N–H and O–H groups in total. The maximum absolute atomic E-state index is 5.20. The van der Waals surface area contributed by atoms with E-state index in [9.17, 15) is 0 Å². The maximum atomic E-state index is 5.20. The first kappa shape index (κ1) is 132. The smallest absolute Gasteiger partial charge is 0.334 e. The second-order valence-corrected chi connectivity index (χ2v) is 47.5. The van der Waals surface area contributed by atoms with Gasteiger partial charge in [0.25, 0.3) is 19.0 Å². The van der Waals surface area contributed by atoms with Crippen molar-refractivity contribution in [3.05, 3.63) is 310 Å². The molecule has 0 saturated heterocycles. The van der Waals surface area contributed by atoms with Crippen LogP contribution in [-0.2, 0) is 97.2 Å². The van der Waals surface area contributed by atoms with E-state index >= 15 is 0 Å². The second kappa shape index (κ2) is 66.6. The Labute approximate surface area is 852 Å². The summed E-state index contributed by atoms with van der Waals surface area (Å²) in [5.74, 6) is 4.45. The van der Waals surface area contributed by atoms with Crippen LogP contribution in [0.4, 0.5) is 0 Å². The van der Waals surface area contributed by atoms with Crippen LogP contribution in [0.1, 0.15) is 318 Å². The summed E-state index contributed by atoms with van der Waals surface area (Å²) in [5.41, 5.74) is 6.39. The number of hydrogen-bond acceptors (Lipinski definition) is 13. The zero-order valence-corrected chi connectivity index (χ0v) is 97.5. The molecule has 0 aromatic carbocycles. The van der Waals surface area contributed by atoms with Gasteiger partial charge in [0.15, 0.2) is 73.3 Å². The van der Waals surface area contributed by atoms with Gasteiger partial charge in [0.1, 0.15) is 61.4 Å². The highest BCUT2D eigenvalue weighted by Gasteiger charge is 2.25. The summed E-state index contributed by atoms with van der Waals surface area (Å²) in [5, 5.41) is 16.4. The quantitative estimate of drug-likeness (QED) is 0.142. The Hall–Kier alpha value is -11.0. The van der Waals surface area contributed by atoms with E-state index in [4.69, 9.17) is 8.83 Å². The minimum absolute atomic E-state index is 0.0632. The van der Waals surface area contributed by atoms with Crippen molar-refractivity contribution in [2.45, 2.75) is 352 Å². The second-order valence-electron chi connectivity index (χ2n) is 45.8. The molecule has 14 rings (SSSR count). The minimum Gasteiger partial charge on any atom is -0.469 e. The highest BCUT2D eigenvalue weighted by atomic mass is 32.1. The molecule has 14 aromatic heterocycles. The lowest BCUT2D eigenvalue weighted by Crippen LogP contribution is -2.52. The fourth-order valence-electron chi connectivity index (χ4n) is 9.52. The van der Waals surface area contributed by atoms with Crippen molar-refractivity contribution in [3.8, 4) is 0 Å². The number of thiazole rings is 1. The van der Waals surface area contributed by atoms with E-state index in [-0.39, 0.29) is 49.5 Å². The molecular formula is C113H194N22O2S2+10. The van der Waals surface area contributed by atoms with Crippen LogP contribution < -0.4 is 45.9 Å². The van der Waals surface area contributed by atoms with Crippen molar-refractivity contribution in [2.24, 2.45) is 60.0 Å². The molecule has 0 aliphatic carbocycles. The molecule has 139 heavy (non-hydrogen) atoms. The summed E-state index contributed by atoms with van der Waals surface area (Å²) < 4.78 is 36.2. The van der Waals surface area contributed by atoms with E-state index in [1.54, 1.807) is 84.9 Å². The Morgan fingerprint density at radius 3 is 1.12 bits per heavy atom. The average molecular weight is 1960 g/mol. The van der Waals surface area contributed by atoms with Gasteiger partial charge in [-0.25, -0.2) is 41.9 Å². The third kappa shape index (κ3) is 71.2. The van der Waals surface area contributed by atoms with Crippen LogP contribution in [0.5, 0.6) is 0 Å². The Bertz CT molecular complexity index is 4740.